The number of cyclic esters (lactones) is 1. The summed E-state index contributed by atoms with van der Waals surface area (Å²) in [5, 5.41) is 11.5. The Bertz CT molecular complexity index is 757. The standard InChI is InChI=1S/C17H17N3O2S/c1-3-17(4-2)11-22-16(21)20(17)15-19-14(10-23-15)13-7-5-12(9-18)6-8-13/h5-8,10H,3-4,11H2,1-2H3. The molecule has 23 heavy (non-hydrogen) atoms. The number of ether oxygens (including phenoxy) is 1. The number of amides is 1. The first kappa shape index (κ1) is 15.5. The van der Waals surface area contributed by atoms with Gasteiger partial charge in [-0.3, -0.25) is 0 Å². The van der Waals surface area contributed by atoms with Crippen LogP contribution in [0.3, 0.4) is 0 Å². The van der Waals surface area contributed by atoms with Crippen LogP contribution in [0.15, 0.2) is 29.6 Å². The molecule has 0 atom stereocenters. The lowest BCUT2D eigenvalue weighted by Gasteiger charge is -2.31. The molecule has 1 fully saturated rings. The van der Waals surface area contributed by atoms with Crippen molar-refractivity contribution in [2.24, 2.45) is 0 Å². The summed E-state index contributed by atoms with van der Waals surface area (Å²) < 4.78 is 5.28. The molecule has 0 saturated carbocycles. The average Bonchev–Trinajstić information content (AvgIpc) is 3.19. The van der Waals surface area contributed by atoms with Crippen molar-refractivity contribution < 1.29 is 9.53 Å². The number of hydrogen-bond donors (Lipinski definition) is 0. The molecule has 1 aliphatic rings. The molecule has 2 aromatic rings. The van der Waals surface area contributed by atoms with Gasteiger partial charge in [-0.15, -0.1) is 11.3 Å². The Morgan fingerprint density at radius 1 is 1.35 bits per heavy atom. The molecule has 3 rings (SSSR count). The Hall–Kier alpha value is -2.39. The SMILES string of the molecule is CCC1(CC)COC(=O)N1c1nc(-c2ccc(C#N)cc2)cs1. The third-order valence-corrected chi connectivity index (χ3v) is 5.26. The fraction of sp³-hybridized carbons (Fsp3) is 0.353. The normalized spacial score (nSPS) is 16.2. The van der Waals surface area contributed by atoms with Crippen LogP contribution in [0, 0.1) is 11.3 Å². The van der Waals surface area contributed by atoms with Crippen LogP contribution in [0.4, 0.5) is 9.93 Å². The summed E-state index contributed by atoms with van der Waals surface area (Å²) in [5.41, 5.74) is 2.04. The maximum Gasteiger partial charge on any atom is 0.416 e. The van der Waals surface area contributed by atoms with Crippen LogP contribution in [0.1, 0.15) is 32.3 Å². The van der Waals surface area contributed by atoms with Gasteiger partial charge in [0, 0.05) is 10.9 Å². The van der Waals surface area contributed by atoms with Crippen LogP contribution in [0.2, 0.25) is 0 Å². The zero-order valence-corrected chi connectivity index (χ0v) is 13.9. The van der Waals surface area contributed by atoms with E-state index in [1.54, 1.807) is 17.0 Å². The summed E-state index contributed by atoms with van der Waals surface area (Å²) in [6, 6.07) is 9.36. The molecule has 0 spiro atoms. The lowest BCUT2D eigenvalue weighted by atomic mass is 9.93. The highest BCUT2D eigenvalue weighted by Gasteiger charge is 2.47. The lowest BCUT2D eigenvalue weighted by molar-refractivity contribution is 0.171. The van der Waals surface area contributed by atoms with E-state index in [0.717, 1.165) is 24.1 Å². The van der Waals surface area contributed by atoms with Gasteiger partial charge in [0.1, 0.15) is 6.61 Å². The van der Waals surface area contributed by atoms with E-state index in [9.17, 15) is 4.79 Å². The molecule has 6 heteroatoms. The van der Waals surface area contributed by atoms with E-state index in [-0.39, 0.29) is 11.6 Å². The summed E-state index contributed by atoms with van der Waals surface area (Å²) in [6.45, 7) is 4.53. The molecule has 0 aliphatic carbocycles. The third-order valence-electron chi connectivity index (χ3n) is 4.43. The van der Waals surface area contributed by atoms with Gasteiger partial charge in [-0.05, 0) is 25.0 Å². The molecule has 0 bridgehead atoms. The monoisotopic (exact) mass is 327 g/mol. The molecule has 0 N–H and O–H groups in total. The van der Waals surface area contributed by atoms with Crippen molar-refractivity contribution in [1.29, 1.82) is 5.26 Å². The van der Waals surface area contributed by atoms with Crippen molar-refractivity contribution in [2.45, 2.75) is 32.2 Å². The minimum absolute atomic E-state index is 0.309. The zero-order chi connectivity index (χ0) is 16.4. The highest BCUT2D eigenvalue weighted by atomic mass is 32.1. The predicted molar refractivity (Wildman–Crippen MR) is 89.4 cm³/mol. The van der Waals surface area contributed by atoms with E-state index >= 15 is 0 Å². The van der Waals surface area contributed by atoms with Crippen molar-refractivity contribution in [3.63, 3.8) is 0 Å². The molecule has 1 aliphatic heterocycles. The van der Waals surface area contributed by atoms with E-state index in [1.807, 2.05) is 17.5 Å². The van der Waals surface area contributed by atoms with Crippen molar-refractivity contribution in [1.82, 2.24) is 4.98 Å². The summed E-state index contributed by atoms with van der Waals surface area (Å²) in [4.78, 5) is 18.5. The highest BCUT2D eigenvalue weighted by Crippen LogP contribution is 2.38. The second-order valence-electron chi connectivity index (χ2n) is 5.53. The largest absolute Gasteiger partial charge is 0.447 e. The Kier molecular flexibility index (Phi) is 4.05. The van der Waals surface area contributed by atoms with Gasteiger partial charge in [0.15, 0.2) is 5.13 Å². The van der Waals surface area contributed by atoms with Crippen molar-refractivity contribution in [3.8, 4) is 17.3 Å². The smallest absolute Gasteiger partial charge is 0.416 e. The van der Waals surface area contributed by atoms with Crippen LogP contribution < -0.4 is 4.90 Å². The molecule has 5 nitrogen and oxygen atoms in total. The quantitative estimate of drug-likeness (QED) is 0.844. The van der Waals surface area contributed by atoms with Gasteiger partial charge in [0.2, 0.25) is 0 Å². The number of nitriles is 1. The molecule has 1 saturated heterocycles. The van der Waals surface area contributed by atoms with Crippen LogP contribution >= 0.6 is 11.3 Å². The number of thiazole rings is 1. The molecular weight excluding hydrogens is 310 g/mol. The Labute approximate surface area is 139 Å². The Balaban J connectivity index is 1.94. The summed E-state index contributed by atoms with van der Waals surface area (Å²) >= 11 is 1.44. The number of aromatic nitrogens is 1. The Morgan fingerprint density at radius 2 is 2.04 bits per heavy atom. The number of anilines is 1. The van der Waals surface area contributed by atoms with Crippen molar-refractivity contribution >= 4 is 22.6 Å². The molecule has 2 heterocycles. The first-order chi connectivity index (χ1) is 11.1. The summed E-state index contributed by atoms with van der Waals surface area (Å²) in [5.74, 6) is 0. The fourth-order valence-electron chi connectivity index (χ4n) is 2.79. The second kappa shape index (κ2) is 6.01. The fourth-order valence-corrected chi connectivity index (χ4v) is 3.72. The first-order valence-corrected chi connectivity index (χ1v) is 8.44. The topological polar surface area (TPSA) is 66.2 Å². The third kappa shape index (κ3) is 2.57. The van der Waals surface area contributed by atoms with Gasteiger partial charge < -0.3 is 4.74 Å². The zero-order valence-electron chi connectivity index (χ0n) is 13.1. The van der Waals surface area contributed by atoms with Gasteiger partial charge in [0.05, 0.1) is 22.9 Å². The van der Waals surface area contributed by atoms with Gasteiger partial charge in [0.25, 0.3) is 0 Å². The van der Waals surface area contributed by atoms with Gasteiger partial charge in [-0.2, -0.15) is 5.26 Å². The maximum absolute atomic E-state index is 12.2. The summed E-state index contributed by atoms with van der Waals surface area (Å²) in [7, 11) is 0. The first-order valence-electron chi connectivity index (χ1n) is 7.56. The van der Waals surface area contributed by atoms with E-state index in [0.29, 0.717) is 17.3 Å². The molecule has 1 aromatic heterocycles. The molecule has 0 radical (unpaired) electrons. The van der Waals surface area contributed by atoms with E-state index in [2.05, 4.69) is 24.9 Å². The number of carbonyl (C=O) groups excluding carboxylic acids is 1. The minimum Gasteiger partial charge on any atom is -0.447 e. The molecule has 0 unspecified atom stereocenters. The second-order valence-corrected chi connectivity index (χ2v) is 6.36. The van der Waals surface area contributed by atoms with Crippen LogP contribution in [0.5, 0.6) is 0 Å². The summed E-state index contributed by atoms with van der Waals surface area (Å²) in [6.07, 6.45) is 1.32. The van der Waals surface area contributed by atoms with Crippen molar-refractivity contribution in [2.75, 3.05) is 11.5 Å². The highest BCUT2D eigenvalue weighted by molar-refractivity contribution is 7.14. The number of nitrogens with zero attached hydrogens (tertiary/aromatic N) is 3. The van der Waals surface area contributed by atoms with Gasteiger partial charge in [-0.25, -0.2) is 14.7 Å². The van der Waals surface area contributed by atoms with E-state index in [4.69, 9.17) is 10.00 Å². The van der Waals surface area contributed by atoms with E-state index in [1.165, 1.54) is 11.3 Å². The average molecular weight is 327 g/mol. The van der Waals surface area contributed by atoms with Crippen LogP contribution in [-0.2, 0) is 4.74 Å². The Morgan fingerprint density at radius 3 is 2.65 bits per heavy atom. The molecule has 1 aromatic carbocycles. The van der Waals surface area contributed by atoms with Crippen molar-refractivity contribution in [3.05, 3.63) is 35.2 Å². The van der Waals surface area contributed by atoms with Gasteiger partial charge >= 0.3 is 6.09 Å². The maximum atomic E-state index is 12.2. The number of benzene rings is 1. The predicted octanol–water partition coefficient (Wildman–Crippen LogP) is 4.20. The number of carbonyl (C=O) groups is 1. The lowest BCUT2D eigenvalue weighted by Crippen LogP contribution is -2.46. The molecule has 1 amide bonds. The molecule has 118 valence electrons. The number of rotatable bonds is 4. The molecular formula is C17H17N3O2S. The minimum atomic E-state index is -0.325. The van der Waals surface area contributed by atoms with Crippen LogP contribution in [0.25, 0.3) is 11.3 Å². The van der Waals surface area contributed by atoms with Crippen LogP contribution in [-0.4, -0.2) is 23.2 Å². The van der Waals surface area contributed by atoms with E-state index < -0.39 is 0 Å². The van der Waals surface area contributed by atoms with Gasteiger partial charge in [-0.1, -0.05) is 26.0 Å². The number of hydrogen-bond acceptors (Lipinski definition) is 5.